The van der Waals surface area contributed by atoms with Crippen LogP contribution in [0.4, 0.5) is 0 Å². The van der Waals surface area contributed by atoms with E-state index in [1.807, 2.05) is 0 Å². The average molecular weight is 155 g/mol. The number of hydrogen-bond donors (Lipinski definition) is 1. The third kappa shape index (κ3) is 4.31. The van der Waals surface area contributed by atoms with Gasteiger partial charge in [-0.3, -0.25) is 14.9 Å². The van der Waals surface area contributed by atoms with Gasteiger partial charge in [0.25, 0.3) is 0 Å². The maximum atomic E-state index is 10.9. The van der Waals surface area contributed by atoms with Crippen molar-refractivity contribution in [1.29, 1.82) is 0 Å². The predicted octanol–water partition coefficient (Wildman–Crippen LogP) is 0.861. The lowest BCUT2D eigenvalue weighted by atomic mass is 10.2. The molecule has 0 heterocycles. The summed E-state index contributed by atoms with van der Waals surface area (Å²) in [7, 11) is 0. The van der Waals surface area contributed by atoms with Crippen molar-refractivity contribution in [3.63, 3.8) is 0 Å². The molecular formula is C8H13NO2. The van der Waals surface area contributed by atoms with Crippen LogP contribution in [0.2, 0.25) is 0 Å². The van der Waals surface area contributed by atoms with E-state index in [1.54, 1.807) is 26.8 Å². The van der Waals surface area contributed by atoms with E-state index in [2.05, 4.69) is 5.32 Å². The van der Waals surface area contributed by atoms with E-state index >= 15 is 0 Å². The number of carbonyl (C=O) groups is 2. The second-order valence-electron chi connectivity index (χ2n) is 2.51. The van der Waals surface area contributed by atoms with Crippen LogP contribution in [0, 0.1) is 5.92 Å². The Bertz CT molecular complexity index is 183. The molecule has 0 fully saturated rings. The molecule has 0 bridgehead atoms. The molecule has 0 aromatic rings. The molecule has 0 spiro atoms. The topological polar surface area (TPSA) is 46.2 Å². The van der Waals surface area contributed by atoms with Gasteiger partial charge in [-0.15, -0.1) is 0 Å². The van der Waals surface area contributed by atoms with Crippen molar-refractivity contribution in [1.82, 2.24) is 5.32 Å². The van der Waals surface area contributed by atoms with Crippen LogP contribution in [0.15, 0.2) is 12.2 Å². The summed E-state index contributed by atoms with van der Waals surface area (Å²) in [6, 6.07) is 0. The van der Waals surface area contributed by atoms with Gasteiger partial charge in [0.1, 0.15) is 0 Å². The van der Waals surface area contributed by atoms with Gasteiger partial charge in [-0.25, -0.2) is 0 Å². The molecule has 0 radical (unpaired) electrons. The normalized spacial score (nSPS) is 10.5. The van der Waals surface area contributed by atoms with Crippen molar-refractivity contribution in [3.8, 4) is 0 Å². The number of rotatable bonds is 2. The summed E-state index contributed by atoms with van der Waals surface area (Å²) in [5, 5.41) is 2.22. The Morgan fingerprint density at radius 1 is 1.36 bits per heavy atom. The molecule has 0 saturated heterocycles. The van der Waals surface area contributed by atoms with Crippen molar-refractivity contribution >= 4 is 11.8 Å². The van der Waals surface area contributed by atoms with Crippen LogP contribution >= 0.6 is 0 Å². The summed E-state index contributed by atoms with van der Waals surface area (Å²) in [6.45, 7) is 5.19. The summed E-state index contributed by atoms with van der Waals surface area (Å²) in [6.07, 6.45) is 2.91. The van der Waals surface area contributed by atoms with Crippen LogP contribution in [0.25, 0.3) is 0 Å². The Hall–Kier alpha value is -1.12. The summed E-state index contributed by atoms with van der Waals surface area (Å²) < 4.78 is 0. The fourth-order valence-corrected chi connectivity index (χ4v) is 0.459. The number of carbonyl (C=O) groups excluding carboxylic acids is 2. The fourth-order valence-electron chi connectivity index (χ4n) is 0.459. The number of amides is 2. The molecule has 62 valence electrons. The maximum Gasteiger partial charge on any atom is 0.250 e. The zero-order valence-corrected chi connectivity index (χ0v) is 7.05. The molecule has 0 unspecified atom stereocenters. The second kappa shape index (κ2) is 4.66. The lowest BCUT2D eigenvalue weighted by Crippen LogP contribution is -2.32. The standard InChI is InChI=1S/C8H13NO2/c1-4-5-7(10)9-8(11)6(2)3/h4-6H,1-3H3,(H,9,10,11)/b5-4+. The first-order valence-corrected chi connectivity index (χ1v) is 3.55. The fraction of sp³-hybridized carbons (Fsp3) is 0.500. The minimum Gasteiger partial charge on any atom is -0.293 e. The van der Waals surface area contributed by atoms with Crippen LogP contribution < -0.4 is 5.32 Å². The van der Waals surface area contributed by atoms with Gasteiger partial charge in [-0.1, -0.05) is 19.9 Å². The summed E-state index contributed by atoms with van der Waals surface area (Å²) in [5.74, 6) is -0.747. The molecule has 2 amide bonds. The van der Waals surface area contributed by atoms with E-state index < -0.39 is 0 Å². The van der Waals surface area contributed by atoms with E-state index in [1.165, 1.54) is 6.08 Å². The molecule has 0 rings (SSSR count). The second-order valence-corrected chi connectivity index (χ2v) is 2.51. The minimum absolute atomic E-state index is 0.149. The van der Waals surface area contributed by atoms with Gasteiger partial charge in [0.2, 0.25) is 11.8 Å². The zero-order valence-electron chi connectivity index (χ0n) is 7.05. The summed E-state index contributed by atoms with van der Waals surface area (Å²) in [4.78, 5) is 21.6. The quantitative estimate of drug-likeness (QED) is 0.601. The van der Waals surface area contributed by atoms with Crippen molar-refractivity contribution in [3.05, 3.63) is 12.2 Å². The maximum absolute atomic E-state index is 10.9. The lowest BCUT2D eigenvalue weighted by Gasteiger charge is -2.02. The minimum atomic E-state index is -0.355. The highest BCUT2D eigenvalue weighted by Crippen LogP contribution is 1.89. The molecule has 3 nitrogen and oxygen atoms in total. The summed E-state index contributed by atoms with van der Waals surface area (Å²) >= 11 is 0. The average Bonchev–Trinajstić information content (AvgIpc) is 1.87. The van der Waals surface area contributed by atoms with Gasteiger partial charge in [0.15, 0.2) is 0 Å². The van der Waals surface area contributed by atoms with E-state index in [4.69, 9.17) is 0 Å². The first-order valence-electron chi connectivity index (χ1n) is 3.55. The molecule has 0 atom stereocenters. The Kier molecular flexibility index (Phi) is 4.18. The molecule has 0 aliphatic heterocycles. The Balaban J connectivity index is 3.86. The van der Waals surface area contributed by atoms with E-state index in [-0.39, 0.29) is 17.7 Å². The van der Waals surface area contributed by atoms with Crippen LogP contribution in [0.5, 0.6) is 0 Å². The predicted molar refractivity (Wildman–Crippen MR) is 42.8 cm³/mol. The Morgan fingerprint density at radius 2 is 1.91 bits per heavy atom. The number of allylic oxidation sites excluding steroid dienone is 1. The summed E-state index contributed by atoms with van der Waals surface area (Å²) in [5.41, 5.74) is 0. The number of nitrogens with one attached hydrogen (secondary N) is 1. The SMILES string of the molecule is C/C=C/C(=O)NC(=O)C(C)C. The highest BCUT2D eigenvalue weighted by molar-refractivity contribution is 6.01. The van der Waals surface area contributed by atoms with Crippen molar-refractivity contribution in [2.45, 2.75) is 20.8 Å². The first kappa shape index (κ1) is 9.88. The third-order valence-electron chi connectivity index (χ3n) is 1.09. The molecular weight excluding hydrogens is 142 g/mol. The smallest absolute Gasteiger partial charge is 0.250 e. The van der Waals surface area contributed by atoms with Crippen molar-refractivity contribution in [2.24, 2.45) is 5.92 Å². The lowest BCUT2D eigenvalue weighted by molar-refractivity contribution is -0.130. The van der Waals surface area contributed by atoms with Crippen LogP contribution in [-0.4, -0.2) is 11.8 Å². The monoisotopic (exact) mass is 155 g/mol. The molecule has 0 aromatic carbocycles. The van der Waals surface area contributed by atoms with Crippen LogP contribution in [0.1, 0.15) is 20.8 Å². The van der Waals surface area contributed by atoms with Gasteiger partial charge in [0.05, 0.1) is 0 Å². The molecule has 0 saturated carbocycles. The van der Waals surface area contributed by atoms with E-state index in [0.717, 1.165) is 0 Å². The third-order valence-corrected chi connectivity index (χ3v) is 1.09. The molecule has 0 aliphatic carbocycles. The largest absolute Gasteiger partial charge is 0.293 e. The molecule has 0 aliphatic rings. The Morgan fingerprint density at radius 3 is 2.27 bits per heavy atom. The van der Waals surface area contributed by atoms with Crippen LogP contribution in [0.3, 0.4) is 0 Å². The van der Waals surface area contributed by atoms with Gasteiger partial charge >= 0.3 is 0 Å². The zero-order chi connectivity index (χ0) is 8.85. The molecule has 1 N–H and O–H groups in total. The Labute approximate surface area is 66.5 Å². The van der Waals surface area contributed by atoms with Gasteiger partial charge in [0, 0.05) is 5.92 Å². The van der Waals surface area contributed by atoms with E-state index in [9.17, 15) is 9.59 Å². The molecule has 3 heteroatoms. The molecule has 0 aromatic heterocycles. The highest BCUT2D eigenvalue weighted by atomic mass is 16.2. The van der Waals surface area contributed by atoms with Crippen LogP contribution in [-0.2, 0) is 9.59 Å². The van der Waals surface area contributed by atoms with Crippen molar-refractivity contribution < 1.29 is 9.59 Å². The van der Waals surface area contributed by atoms with E-state index in [0.29, 0.717) is 0 Å². The molecule has 11 heavy (non-hydrogen) atoms. The van der Waals surface area contributed by atoms with Gasteiger partial charge in [-0.2, -0.15) is 0 Å². The first-order chi connectivity index (χ1) is 5.07. The van der Waals surface area contributed by atoms with Crippen molar-refractivity contribution in [2.75, 3.05) is 0 Å². The highest BCUT2D eigenvalue weighted by Gasteiger charge is 2.07. The number of hydrogen-bond acceptors (Lipinski definition) is 2. The van der Waals surface area contributed by atoms with Gasteiger partial charge < -0.3 is 0 Å². The van der Waals surface area contributed by atoms with Gasteiger partial charge in [-0.05, 0) is 13.0 Å². The number of imide groups is 1.